The molecule has 0 bridgehead atoms. The molecular formula is C9H13BrN2S. The van der Waals surface area contributed by atoms with Crippen LogP contribution in [-0.4, -0.2) is 11.5 Å². The van der Waals surface area contributed by atoms with Crippen LogP contribution >= 0.6 is 27.3 Å². The van der Waals surface area contributed by atoms with E-state index in [-0.39, 0.29) is 0 Å². The Morgan fingerprint density at radius 3 is 3.00 bits per heavy atom. The van der Waals surface area contributed by atoms with Crippen LogP contribution < -0.4 is 5.32 Å². The summed E-state index contributed by atoms with van der Waals surface area (Å²) in [6.45, 7) is 8.66. The van der Waals surface area contributed by atoms with Gasteiger partial charge in [-0.2, -0.15) is 0 Å². The molecule has 0 fully saturated rings. The number of nitrogens with one attached hydrogen (secondary N) is 1. The van der Waals surface area contributed by atoms with E-state index in [1.165, 1.54) is 0 Å². The molecule has 0 aliphatic heterocycles. The van der Waals surface area contributed by atoms with Gasteiger partial charge in [0.05, 0.1) is 10.7 Å². The van der Waals surface area contributed by atoms with Gasteiger partial charge in [0.15, 0.2) is 0 Å². The van der Waals surface area contributed by atoms with Gasteiger partial charge >= 0.3 is 0 Å². The zero-order valence-electron chi connectivity index (χ0n) is 7.80. The molecule has 1 rings (SSSR count). The zero-order valence-corrected chi connectivity index (χ0v) is 10.2. The molecule has 4 heteroatoms. The highest BCUT2D eigenvalue weighted by Gasteiger charge is 2.07. The Bertz CT molecular complexity index is 296. The molecule has 0 spiro atoms. The van der Waals surface area contributed by atoms with Crippen molar-refractivity contribution in [2.24, 2.45) is 0 Å². The Morgan fingerprint density at radius 2 is 2.54 bits per heavy atom. The van der Waals surface area contributed by atoms with Crippen molar-refractivity contribution in [2.75, 3.05) is 6.54 Å². The van der Waals surface area contributed by atoms with E-state index in [2.05, 4.69) is 45.1 Å². The van der Waals surface area contributed by atoms with Gasteiger partial charge in [0, 0.05) is 22.4 Å². The number of halogens is 1. The van der Waals surface area contributed by atoms with Gasteiger partial charge in [-0.1, -0.05) is 22.5 Å². The SMILES string of the molecule is C=C(Br)CNC(C)c1csc(C)n1. The number of rotatable bonds is 4. The number of aryl methyl sites for hydroxylation is 1. The minimum Gasteiger partial charge on any atom is -0.304 e. The molecule has 1 aromatic heterocycles. The van der Waals surface area contributed by atoms with Gasteiger partial charge in [0.25, 0.3) is 0 Å². The Morgan fingerprint density at radius 1 is 1.85 bits per heavy atom. The average Bonchev–Trinajstić information content (AvgIpc) is 2.47. The molecule has 1 aromatic rings. The maximum absolute atomic E-state index is 4.40. The normalized spacial score (nSPS) is 12.8. The summed E-state index contributed by atoms with van der Waals surface area (Å²) in [5.41, 5.74) is 1.11. The third kappa shape index (κ3) is 3.58. The van der Waals surface area contributed by atoms with Gasteiger partial charge in [-0.25, -0.2) is 4.98 Å². The van der Waals surface area contributed by atoms with E-state index < -0.39 is 0 Å². The summed E-state index contributed by atoms with van der Waals surface area (Å²) in [5, 5.41) is 6.51. The van der Waals surface area contributed by atoms with Gasteiger partial charge < -0.3 is 5.32 Å². The predicted molar refractivity (Wildman–Crippen MR) is 61.3 cm³/mol. The second-order valence-corrected chi connectivity index (χ2v) is 5.09. The van der Waals surface area contributed by atoms with Crippen molar-refractivity contribution in [3.05, 3.63) is 27.1 Å². The monoisotopic (exact) mass is 260 g/mol. The third-order valence-corrected chi connectivity index (χ3v) is 2.75. The molecule has 0 aliphatic carbocycles. The van der Waals surface area contributed by atoms with Crippen molar-refractivity contribution in [1.29, 1.82) is 0 Å². The number of hydrogen-bond acceptors (Lipinski definition) is 3. The summed E-state index contributed by atoms with van der Waals surface area (Å²) in [5.74, 6) is 0. The van der Waals surface area contributed by atoms with Crippen molar-refractivity contribution in [1.82, 2.24) is 10.3 Å². The van der Waals surface area contributed by atoms with Crippen molar-refractivity contribution >= 4 is 27.3 Å². The first-order valence-electron chi connectivity index (χ1n) is 4.08. The van der Waals surface area contributed by atoms with Crippen LogP contribution in [0.2, 0.25) is 0 Å². The summed E-state index contributed by atoms with van der Waals surface area (Å²) in [7, 11) is 0. The largest absolute Gasteiger partial charge is 0.304 e. The Hall–Kier alpha value is -0.190. The summed E-state index contributed by atoms with van der Waals surface area (Å²) in [6.07, 6.45) is 0. The first-order chi connectivity index (χ1) is 6.09. The Balaban J connectivity index is 2.48. The highest BCUT2D eigenvalue weighted by Crippen LogP contribution is 2.15. The molecule has 1 heterocycles. The Labute approximate surface area is 91.2 Å². The van der Waals surface area contributed by atoms with Crippen LogP contribution in [-0.2, 0) is 0 Å². The summed E-state index contributed by atoms with van der Waals surface area (Å²) in [6, 6.07) is 0.291. The van der Waals surface area contributed by atoms with Gasteiger partial charge in [0.2, 0.25) is 0 Å². The van der Waals surface area contributed by atoms with E-state index >= 15 is 0 Å². The Kier molecular flexibility index (Phi) is 4.09. The summed E-state index contributed by atoms with van der Waals surface area (Å²) >= 11 is 4.99. The fourth-order valence-corrected chi connectivity index (χ4v) is 1.82. The molecule has 1 atom stereocenters. The maximum Gasteiger partial charge on any atom is 0.0898 e. The zero-order chi connectivity index (χ0) is 9.84. The van der Waals surface area contributed by atoms with E-state index in [9.17, 15) is 0 Å². The van der Waals surface area contributed by atoms with E-state index in [4.69, 9.17) is 0 Å². The molecule has 0 radical (unpaired) electrons. The van der Waals surface area contributed by atoms with Gasteiger partial charge in [0.1, 0.15) is 0 Å². The lowest BCUT2D eigenvalue weighted by molar-refractivity contribution is 0.602. The fourth-order valence-electron chi connectivity index (χ4n) is 0.947. The van der Waals surface area contributed by atoms with Crippen LogP contribution in [0.1, 0.15) is 23.7 Å². The highest BCUT2D eigenvalue weighted by atomic mass is 79.9. The lowest BCUT2D eigenvalue weighted by atomic mass is 10.2. The lowest BCUT2D eigenvalue weighted by Gasteiger charge is -2.09. The fraction of sp³-hybridized carbons (Fsp3) is 0.444. The first-order valence-corrected chi connectivity index (χ1v) is 5.75. The van der Waals surface area contributed by atoms with Crippen LogP contribution in [0.5, 0.6) is 0 Å². The minimum absolute atomic E-state index is 0.291. The van der Waals surface area contributed by atoms with Gasteiger partial charge in [-0.3, -0.25) is 0 Å². The van der Waals surface area contributed by atoms with E-state index in [0.717, 1.165) is 21.7 Å². The minimum atomic E-state index is 0.291. The van der Waals surface area contributed by atoms with Crippen LogP contribution in [0.4, 0.5) is 0 Å². The van der Waals surface area contributed by atoms with Crippen molar-refractivity contribution in [2.45, 2.75) is 19.9 Å². The van der Waals surface area contributed by atoms with Crippen LogP contribution in [0, 0.1) is 6.92 Å². The third-order valence-electron chi connectivity index (χ3n) is 1.68. The molecule has 72 valence electrons. The van der Waals surface area contributed by atoms with Crippen molar-refractivity contribution < 1.29 is 0 Å². The summed E-state index contributed by atoms with van der Waals surface area (Å²) < 4.78 is 0.964. The van der Waals surface area contributed by atoms with Crippen molar-refractivity contribution in [3.63, 3.8) is 0 Å². The summed E-state index contributed by atoms with van der Waals surface area (Å²) in [4.78, 5) is 4.40. The maximum atomic E-state index is 4.40. The molecule has 0 aliphatic rings. The lowest BCUT2D eigenvalue weighted by Crippen LogP contribution is -2.19. The van der Waals surface area contributed by atoms with Gasteiger partial charge in [-0.05, 0) is 13.8 Å². The number of thiazole rings is 1. The first kappa shape index (κ1) is 10.9. The quantitative estimate of drug-likeness (QED) is 0.901. The standard InChI is InChI=1S/C9H13BrN2S/c1-6(10)4-11-7(2)9-5-13-8(3)12-9/h5,7,11H,1,4H2,2-3H3. The van der Waals surface area contributed by atoms with E-state index in [0.29, 0.717) is 6.04 Å². The number of aromatic nitrogens is 1. The van der Waals surface area contributed by atoms with Crippen molar-refractivity contribution in [3.8, 4) is 0 Å². The molecule has 0 amide bonds. The molecular weight excluding hydrogens is 248 g/mol. The number of hydrogen-bond donors (Lipinski definition) is 1. The molecule has 0 saturated carbocycles. The molecule has 1 unspecified atom stereocenters. The van der Waals surface area contributed by atoms with E-state index in [1.54, 1.807) is 11.3 Å². The topological polar surface area (TPSA) is 24.9 Å². The molecule has 1 N–H and O–H groups in total. The average molecular weight is 261 g/mol. The second-order valence-electron chi connectivity index (χ2n) is 2.91. The molecule has 0 aromatic carbocycles. The second kappa shape index (κ2) is 4.88. The molecule has 2 nitrogen and oxygen atoms in total. The number of nitrogens with zero attached hydrogens (tertiary/aromatic N) is 1. The van der Waals surface area contributed by atoms with Crippen LogP contribution in [0.25, 0.3) is 0 Å². The highest BCUT2D eigenvalue weighted by molar-refractivity contribution is 9.11. The van der Waals surface area contributed by atoms with Crippen LogP contribution in [0.15, 0.2) is 16.4 Å². The predicted octanol–water partition coefficient (Wildman–Crippen LogP) is 3.01. The molecule has 0 saturated heterocycles. The molecule has 13 heavy (non-hydrogen) atoms. The smallest absolute Gasteiger partial charge is 0.0898 e. The van der Waals surface area contributed by atoms with E-state index in [1.807, 2.05) is 6.92 Å². The van der Waals surface area contributed by atoms with Crippen LogP contribution in [0.3, 0.4) is 0 Å². The van der Waals surface area contributed by atoms with Gasteiger partial charge in [-0.15, -0.1) is 11.3 Å².